The number of hydrogen-bond acceptors (Lipinski definition) is 4. The van der Waals surface area contributed by atoms with Crippen molar-refractivity contribution >= 4 is 28.2 Å². The summed E-state index contributed by atoms with van der Waals surface area (Å²) in [7, 11) is 0. The molecule has 0 spiro atoms. The lowest BCUT2D eigenvalue weighted by Gasteiger charge is -2.43. The molecule has 5 rings (SSSR count). The number of aromatic nitrogens is 1. The van der Waals surface area contributed by atoms with E-state index in [9.17, 15) is 19.4 Å². The molecule has 0 radical (unpaired) electrons. The van der Waals surface area contributed by atoms with Gasteiger partial charge in [-0.2, -0.15) is 0 Å². The van der Waals surface area contributed by atoms with Crippen LogP contribution in [0, 0.1) is 5.82 Å². The first-order chi connectivity index (χ1) is 16.4. The average Bonchev–Trinajstić information content (AvgIpc) is 3.40. The van der Waals surface area contributed by atoms with Crippen LogP contribution in [0.2, 0.25) is 0 Å². The van der Waals surface area contributed by atoms with E-state index in [0.29, 0.717) is 17.9 Å². The third kappa shape index (κ3) is 3.79. The number of thiophene rings is 1. The average molecular weight is 480 g/mol. The van der Waals surface area contributed by atoms with Gasteiger partial charge in [-0.15, -0.1) is 11.3 Å². The van der Waals surface area contributed by atoms with E-state index < -0.39 is 11.6 Å². The highest BCUT2D eigenvalue weighted by molar-refractivity contribution is 7.13. The molecule has 176 valence electrons. The zero-order valence-electron chi connectivity index (χ0n) is 18.9. The normalized spacial score (nSPS) is 14.9. The monoisotopic (exact) mass is 479 g/mol. The standard InChI is InChI=1S/C27H26FNO4S/c1-2-20-24-21(5-3-6-22(24)30)29(18-9-7-17(28)8-10-18)25(20)27(14-4-15-27)33-16-13-19-11-12-23(34-19)26(31)32/h3,5-12,30H,2,4,13-16H2,1H3,(H,31,32). The maximum Gasteiger partial charge on any atom is 0.345 e. The maximum atomic E-state index is 13.7. The van der Waals surface area contributed by atoms with Crippen molar-refractivity contribution in [2.45, 2.75) is 44.6 Å². The molecule has 4 aromatic rings. The summed E-state index contributed by atoms with van der Waals surface area (Å²) in [6, 6.07) is 15.4. The highest BCUT2D eigenvalue weighted by Crippen LogP contribution is 2.50. The van der Waals surface area contributed by atoms with E-state index in [0.717, 1.165) is 58.4 Å². The van der Waals surface area contributed by atoms with E-state index >= 15 is 0 Å². The summed E-state index contributed by atoms with van der Waals surface area (Å²) in [6.07, 6.45) is 4.08. The Labute approximate surface area is 201 Å². The van der Waals surface area contributed by atoms with Crippen LogP contribution in [0.4, 0.5) is 4.39 Å². The van der Waals surface area contributed by atoms with E-state index in [2.05, 4.69) is 11.5 Å². The molecule has 0 bridgehead atoms. The van der Waals surface area contributed by atoms with Gasteiger partial charge in [-0.3, -0.25) is 0 Å². The zero-order valence-corrected chi connectivity index (χ0v) is 19.7. The number of rotatable bonds is 8. The number of aromatic hydroxyl groups is 1. The van der Waals surface area contributed by atoms with Gasteiger partial charge in [0.1, 0.15) is 22.0 Å². The molecule has 2 N–H and O–H groups in total. The molecule has 0 unspecified atom stereocenters. The highest BCUT2D eigenvalue weighted by Gasteiger charge is 2.45. The molecule has 0 saturated heterocycles. The number of aromatic carboxylic acids is 1. The van der Waals surface area contributed by atoms with Crippen molar-refractivity contribution in [3.8, 4) is 11.4 Å². The van der Waals surface area contributed by atoms with Gasteiger partial charge in [0.25, 0.3) is 0 Å². The highest BCUT2D eigenvalue weighted by atomic mass is 32.1. The summed E-state index contributed by atoms with van der Waals surface area (Å²) in [5.41, 5.74) is 3.24. The number of carboxylic acids is 1. The Morgan fingerprint density at radius 2 is 1.91 bits per heavy atom. The fourth-order valence-electron chi connectivity index (χ4n) is 5.00. The zero-order chi connectivity index (χ0) is 23.9. The summed E-state index contributed by atoms with van der Waals surface area (Å²) in [4.78, 5) is 12.5. The molecule has 1 aliphatic rings. The van der Waals surface area contributed by atoms with Gasteiger partial charge in [0.2, 0.25) is 0 Å². The van der Waals surface area contributed by atoms with Crippen LogP contribution >= 0.6 is 11.3 Å². The summed E-state index contributed by atoms with van der Waals surface area (Å²) < 4.78 is 22.5. The Hall–Kier alpha value is -3.16. The number of fused-ring (bicyclic) bond motifs is 1. The van der Waals surface area contributed by atoms with Gasteiger partial charge in [-0.1, -0.05) is 13.0 Å². The minimum absolute atomic E-state index is 0.228. The second-order valence-electron chi connectivity index (χ2n) is 8.68. The molecule has 1 aliphatic carbocycles. The van der Waals surface area contributed by atoms with Crippen LogP contribution in [-0.2, 0) is 23.2 Å². The number of ether oxygens (including phenoxy) is 1. The van der Waals surface area contributed by atoms with Crippen molar-refractivity contribution in [1.82, 2.24) is 4.57 Å². The number of nitrogens with zero attached hydrogens (tertiary/aromatic N) is 1. The summed E-state index contributed by atoms with van der Waals surface area (Å²) in [6.45, 7) is 2.53. The molecule has 34 heavy (non-hydrogen) atoms. The molecule has 0 amide bonds. The number of carboxylic acid groups (broad SMARTS) is 1. The van der Waals surface area contributed by atoms with Gasteiger partial charge < -0.3 is 19.5 Å². The Morgan fingerprint density at radius 1 is 1.15 bits per heavy atom. The van der Waals surface area contributed by atoms with Crippen LogP contribution in [0.3, 0.4) is 0 Å². The number of aryl methyl sites for hydroxylation is 1. The smallest absolute Gasteiger partial charge is 0.345 e. The lowest BCUT2D eigenvalue weighted by molar-refractivity contribution is -0.109. The van der Waals surface area contributed by atoms with Crippen LogP contribution in [0.1, 0.15) is 52.0 Å². The van der Waals surface area contributed by atoms with E-state index in [4.69, 9.17) is 4.74 Å². The molecular weight excluding hydrogens is 453 g/mol. The number of hydrogen-bond donors (Lipinski definition) is 2. The van der Waals surface area contributed by atoms with E-state index in [-0.39, 0.29) is 11.6 Å². The summed E-state index contributed by atoms with van der Waals surface area (Å²) in [5.74, 6) is -0.985. The number of halogens is 1. The molecule has 2 heterocycles. The van der Waals surface area contributed by atoms with Gasteiger partial charge in [0.05, 0.1) is 17.8 Å². The molecule has 5 nitrogen and oxygen atoms in total. The molecule has 2 aromatic carbocycles. The van der Waals surface area contributed by atoms with Crippen LogP contribution < -0.4 is 0 Å². The molecule has 1 saturated carbocycles. The lowest BCUT2D eigenvalue weighted by atomic mass is 9.75. The first kappa shape index (κ1) is 22.6. The van der Waals surface area contributed by atoms with Crippen molar-refractivity contribution in [2.24, 2.45) is 0 Å². The Kier molecular flexibility index (Phi) is 5.91. The van der Waals surface area contributed by atoms with Crippen LogP contribution in [0.15, 0.2) is 54.6 Å². The predicted octanol–water partition coefficient (Wildman–Crippen LogP) is 6.44. The second kappa shape index (κ2) is 8.89. The fraction of sp³-hybridized carbons (Fsp3) is 0.296. The maximum absolute atomic E-state index is 13.7. The topological polar surface area (TPSA) is 71.7 Å². The van der Waals surface area contributed by atoms with Gasteiger partial charge in [0.15, 0.2) is 0 Å². The van der Waals surface area contributed by atoms with Crippen LogP contribution in [-0.4, -0.2) is 27.4 Å². The van der Waals surface area contributed by atoms with Crippen molar-refractivity contribution in [3.63, 3.8) is 0 Å². The van der Waals surface area contributed by atoms with E-state index in [1.54, 1.807) is 24.3 Å². The fourth-order valence-corrected chi connectivity index (χ4v) is 5.83. The third-order valence-corrected chi connectivity index (χ3v) is 7.84. The lowest BCUT2D eigenvalue weighted by Crippen LogP contribution is -2.40. The number of carbonyl (C=O) groups is 1. The van der Waals surface area contributed by atoms with Gasteiger partial charge in [-0.05, 0) is 79.8 Å². The Morgan fingerprint density at radius 3 is 2.53 bits per heavy atom. The molecular formula is C27H26FNO4S. The Bertz CT molecular complexity index is 1350. The summed E-state index contributed by atoms with van der Waals surface area (Å²) in [5, 5.41) is 20.8. The summed E-state index contributed by atoms with van der Waals surface area (Å²) >= 11 is 1.27. The number of benzene rings is 2. The molecule has 0 atom stereocenters. The Balaban J connectivity index is 1.57. The SMILES string of the molecule is CCc1c(C2(OCCc3ccc(C(=O)O)s3)CCC2)n(-c2ccc(F)cc2)c2cccc(O)c12. The van der Waals surface area contributed by atoms with Crippen molar-refractivity contribution in [3.05, 3.63) is 81.4 Å². The van der Waals surface area contributed by atoms with Crippen molar-refractivity contribution < 1.29 is 24.1 Å². The second-order valence-corrected chi connectivity index (χ2v) is 9.85. The van der Waals surface area contributed by atoms with Gasteiger partial charge >= 0.3 is 5.97 Å². The number of phenolic OH excluding ortho intramolecular Hbond substituents is 1. The number of phenols is 1. The minimum Gasteiger partial charge on any atom is -0.507 e. The largest absolute Gasteiger partial charge is 0.507 e. The minimum atomic E-state index is -0.913. The molecule has 0 aliphatic heterocycles. The van der Waals surface area contributed by atoms with Crippen molar-refractivity contribution in [1.29, 1.82) is 0 Å². The van der Waals surface area contributed by atoms with Gasteiger partial charge in [0, 0.05) is 22.4 Å². The first-order valence-electron chi connectivity index (χ1n) is 11.5. The van der Waals surface area contributed by atoms with Crippen molar-refractivity contribution in [2.75, 3.05) is 6.61 Å². The van der Waals surface area contributed by atoms with E-state index in [1.807, 2.05) is 18.2 Å². The van der Waals surface area contributed by atoms with Crippen LogP contribution in [0.25, 0.3) is 16.6 Å². The van der Waals surface area contributed by atoms with E-state index in [1.165, 1.54) is 23.5 Å². The first-order valence-corrected chi connectivity index (χ1v) is 12.3. The molecule has 2 aromatic heterocycles. The third-order valence-electron chi connectivity index (χ3n) is 6.70. The quantitative estimate of drug-likeness (QED) is 0.305. The molecule has 7 heteroatoms. The molecule has 1 fully saturated rings. The predicted molar refractivity (Wildman–Crippen MR) is 131 cm³/mol. The van der Waals surface area contributed by atoms with Crippen LogP contribution in [0.5, 0.6) is 5.75 Å². The van der Waals surface area contributed by atoms with Gasteiger partial charge in [-0.25, -0.2) is 9.18 Å².